The molecule has 2 aliphatic carbocycles. The van der Waals surface area contributed by atoms with Crippen LogP contribution in [0.4, 0.5) is 4.79 Å². The number of halogens is 1. The van der Waals surface area contributed by atoms with Gasteiger partial charge < -0.3 is 15.2 Å². The van der Waals surface area contributed by atoms with Crippen molar-refractivity contribution in [3.8, 4) is 11.4 Å². The molecule has 0 aliphatic heterocycles. The normalized spacial score (nSPS) is 25.2. The molecule has 2 aromatic rings. The fourth-order valence-corrected chi connectivity index (χ4v) is 4.73. The Hall–Kier alpha value is -2.08. The van der Waals surface area contributed by atoms with Crippen LogP contribution in [0.1, 0.15) is 38.5 Å². The van der Waals surface area contributed by atoms with E-state index in [0.717, 1.165) is 11.8 Å². The van der Waals surface area contributed by atoms with E-state index < -0.39 is 0 Å². The molecule has 1 aromatic carbocycles. The Balaban J connectivity index is 1.29. The van der Waals surface area contributed by atoms with Crippen LogP contribution in [0.15, 0.2) is 28.8 Å². The van der Waals surface area contributed by atoms with Crippen molar-refractivity contribution in [1.29, 1.82) is 0 Å². The molecule has 1 aromatic heterocycles. The summed E-state index contributed by atoms with van der Waals surface area (Å²) in [6.07, 6.45) is 5.27. The van der Waals surface area contributed by atoms with E-state index in [1.54, 1.807) is 6.07 Å². The molecule has 2 N–H and O–H groups in total. The van der Waals surface area contributed by atoms with Crippen molar-refractivity contribution in [2.24, 2.45) is 17.8 Å². The van der Waals surface area contributed by atoms with Crippen molar-refractivity contribution >= 4 is 17.6 Å². The Labute approximate surface area is 157 Å². The zero-order valence-electron chi connectivity index (χ0n) is 14.7. The lowest BCUT2D eigenvalue weighted by molar-refractivity contribution is 0.218. The summed E-state index contributed by atoms with van der Waals surface area (Å²) in [5.41, 5.74) is 0.707. The zero-order valence-corrected chi connectivity index (χ0v) is 15.5. The van der Waals surface area contributed by atoms with Crippen molar-refractivity contribution in [2.45, 2.75) is 45.2 Å². The van der Waals surface area contributed by atoms with E-state index in [1.807, 2.05) is 18.2 Å². The number of hydrogen-bond acceptors (Lipinski definition) is 4. The molecule has 138 valence electrons. The maximum atomic E-state index is 12.2. The first kappa shape index (κ1) is 17.3. The van der Waals surface area contributed by atoms with E-state index in [9.17, 15) is 4.79 Å². The molecule has 0 spiro atoms. The number of amides is 2. The highest BCUT2D eigenvalue weighted by Gasteiger charge is 2.42. The summed E-state index contributed by atoms with van der Waals surface area (Å²) in [6, 6.07) is 7.30. The lowest BCUT2D eigenvalue weighted by Crippen LogP contribution is -2.45. The average Bonchev–Trinajstić information content (AvgIpc) is 3.37. The molecule has 4 atom stereocenters. The maximum Gasteiger partial charge on any atom is 0.315 e. The molecule has 1 heterocycles. The van der Waals surface area contributed by atoms with Gasteiger partial charge in [-0.2, -0.15) is 4.98 Å². The lowest BCUT2D eigenvalue weighted by atomic mass is 9.84. The molecule has 2 fully saturated rings. The second-order valence-corrected chi connectivity index (χ2v) is 7.85. The molecule has 0 radical (unpaired) electrons. The number of nitrogens with one attached hydrogen (secondary N) is 2. The second kappa shape index (κ2) is 7.27. The van der Waals surface area contributed by atoms with Gasteiger partial charge in [0, 0.05) is 11.6 Å². The minimum atomic E-state index is -0.197. The predicted molar refractivity (Wildman–Crippen MR) is 98.5 cm³/mol. The topological polar surface area (TPSA) is 80.0 Å². The van der Waals surface area contributed by atoms with Gasteiger partial charge in [0.2, 0.25) is 11.7 Å². The van der Waals surface area contributed by atoms with E-state index >= 15 is 0 Å². The summed E-state index contributed by atoms with van der Waals surface area (Å²) in [5.74, 6) is 3.03. The van der Waals surface area contributed by atoms with Crippen LogP contribution in [0, 0.1) is 17.8 Å². The number of nitrogens with zero attached hydrogens (tertiary/aromatic N) is 2. The monoisotopic (exact) mass is 374 g/mol. The molecule has 2 amide bonds. The third kappa shape index (κ3) is 3.56. The first-order valence-corrected chi connectivity index (χ1v) is 9.60. The Morgan fingerprint density at radius 1 is 1.35 bits per heavy atom. The van der Waals surface area contributed by atoms with Crippen LogP contribution in [0.25, 0.3) is 11.4 Å². The highest BCUT2D eigenvalue weighted by Crippen LogP contribution is 2.49. The highest BCUT2D eigenvalue weighted by atomic mass is 35.5. The third-order valence-electron chi connectivity index (χ3n) is 5.78. The number of carbonyl (C=O) groups excluding carboxylic acids is 1. The van der Waals surface area contributed by atoms with Crippen LogP contribution in [0.5, 0.6) is 0 Å². The van der Waals surface area contributed by atoms with Crippen LogP contribution in [0.2, 0.25) is 5.02 Å². The van der Waals surface area contributed by atoms with Gasteiger partial charge in [-0.05, 0) is 56.1 Å². The molecular weight excluding hydrogens is 352 g/mol. The standard InChI is InChI=1S/C19H23ClN4O2/c1-11(15-9-12-6-7-13(15)8-12)22-19(25)21-10-17-23-18(24-26-17)14-4-2-3-5-16(14)20/h2-5,11-13,15H,6-10H2,1H3,(H2,21,22,25)/t11-,12+,13+,15+/m1/s1. The minimum Gasteiger partial charge on any atom is -0.337 e. The maximum absolute atomic E-state index is 12.2. The van der Waals surface area contributed by atoms with E-state index in [1.165, 1.54) is 25.7 Å². The Bertz CT molecular complexity index is 793. The molecule has 2 bridgehead atoms. The summed E-state index contributed by atoms with van der Waals surface area (Å²) in [7, 11) is 0. The van der Waals surface area contributed by atoms with Gasteiger partial charge in [0.15, 0.2) is 0 Å². The number of hydrogen-bond donors (Lipinski definition) is 2. The smallest absolute Gasteiger partial charge is 0.315 e. The number of carbonyl (C=O) groups is 1. The van der Waals surface area contributed by atoms with Crippen molar-refractivity contribution in [2.75, 3.05) is 0 Å². The van der Waals surface area contributed by atoms with Gasteiger partial charge in [-0.1, -0.05) is 35.3 Å². The lowest BCUT2D eigenvalue weighted by Gasteiger charge is -2.28. The van der Waals surface area contributed by atoms with Crippen molar-refractivity contribution < 1.29 is 9.32 Å². The SMILES string of the molecule is C[C@@H](NC(=O)NCc1nc(-c2ccccc2Cl)no1)[C@@H]1C[C@H]2CC[C@H]1C2. The third-order valence-corrected chi connectivity index (χ3v) is 6.11. The van der Waals surface area contributed by atoms with Crippen molar-refractivity contribution in [3.05, 3.63) is 35.2 Å². The van der Waals surface area contributed by atoms with Crippen molar-refractivity contribution in [1.82, 2.24) is 20.8 Å². The quantitative estimate of drug-likeness (QED) is 0.828. The summed E-state index contributed by atoms with van der Waals surface area (Å²) < 4.78 is 5.21. The highest BCUT2D eigenvalue weighted by molar-refractivity contribution is 6.33. The number of aromatic nitrogens is 2. The zero-order chi connectivity index (χ0) is 18.1. The number of rotatable bonds is 5. The predicted octanol–water partition coefficient (Wildman–Crippen LogP) is 4.01. The number of benzene rings is 1. The largest absolute Gasteiger partial charge is 0.337 e. The first-order chi connectivity index (χ1) is 12.6. The van der Waals surface area contributed by atoms with Gasteiger partial charge in [0.25, 0.3) is 0 Å². The second-order valence-electron chi connectivity index (χ2n) is 7.45. The van der Waals surface area contributed by atoms with E-state index in [2.05, 4.69) is 27.7 Å². The molecule has 2 saturated carbocycles. The summed E-state index contributed by atoms with van der Waals surface area (Å²) in [5, 5.41) is 10.4. The molecule has 4 rings (SSSR count). The molecule has 7 heteroatoms. The summed E-state index contributed by atoms with van der Waals surface area (Å²) in [6.45, 7) is 2.29. The van der Waals surface area contributed by atoms with Gasteiger partial charge in [-0.3, -0.25) is 0 Å². The fraction of sp³-hybridized carbons (Fsp3) is 0.526. The average molecular weight is 375 g/mol. The van der Waals surface area contributed by atoms with Crippen molar-refractivity contribution in [3.63, 3.8) is 0 Å². The molecule has 0 unspecified atom stereocenters. The fourth-order valence-electron chi connectivity index (χ4n) is 4.51. The van der Waals surface area contributed by atoms with Gasteiger partial charge in [-0.15, -0.1) is 0 Å². The van der Waals surface area contributed by atoms with Crippen LogP contribution in [-0.4, -0.2) is 22.2 Å². The van der Waals surface area contributed by atoms with E-state index in [-0.39, 0.29) is 18.6 Å². The molecule has 6 nitrogen and oxygen atoms in total. The van der Waals surface area contributed by atoms with Gasteiger partial charge in [0.1, 0.15) is 0 Å². The van der Waals surface area contributed by atoms with Gasteiger partial charge in [0.05, 0.1) is 11.6 Å². The summed E-state index contributed by atoms with van der Waals surface area (Å²) in [4.78, 5) is 16.5. The number of urea groups is 1. The van der Waals surface area contributed by atoms with Crippen LogP contribution in [0.3, 0.4) is 0 Å². The van der Waals surface area contributed by atoms with E-state index in [0.29, 0.717) is 28.2 Å². The van der Waals surface area contributed by atoms with E-state index in [4.69, 9.17) is 16.1 Å². The van der Waals surface area contributed by atoms with Gasteiger partial charge in [-0.25, -0.2) is 4.79 Å². The van der Waals surface area contributed by atoms with Crippen LogP contribution < -0.4 is 10.6 Å². The molecule has 26 heavy (non-hydrogen) atoms. The Kier molecular flexibility index (Phi) is 4.85. The van der Waals surface area contributed by atoms with Gasteiger partial charge >= 0.3 is 6.03 Å². The first-order valence-electron chi connectivity index (χ1n) is 9.22. The summed E-state index contributed by atoms with van der Waals surface area (Å²) >= 11 is 6.14. The van der Waals surface area contributed by atoms with Crippen LogP contribution in [-0.2, 0) is 6.54 Å². The number of fused-ring (bicyclic) bond motifs is 2. The molecular formula is C19H23ClN4O2. The molecule has 0 saturated heterocycles. The Morgan fingerprint density at radius 3 is 2.92 bits per heavy atom. The minimum absolute atomic E-state index is 0.187. The molecule has 2 aliphatic rings. The Morgan fingerprint density at radius 2 is 2.19 bits per heavy atom. The van der Waals surface area contributed by atoms with Crippen LogP contribution >= 0.6 is 11.6 Å².